The third kappa shape index (κ3) is 5.13. The zero-order valence-corrected chi connectivity index (χ0v) is 14.3. The molecule has 122 valence electrons. The lowest BCUT2D eigenvalue weighted by Gasteiger charge is -2.24. The van der Waals surface area contributed by atoms with E-state index in [-0.39, 0.29) is 6.04 Å². The second kappa shape index (κ2) is 6.86. The van der Waals surface area contributed by atoms with Crippen LogP contribution < -0.4 is 5.32 Å². The van der Waals surface area contributed by atoms with Crippen molar-refractivity contribution in [3.05, 3.63) is 60.2 Å². The van der Waals surface area contributed by atoms with Crippen molar-refractivity contribution in [2.75, 3.05) is 0 Å². The van der Waals surface area contributed by atoms with Crippen LogP contribution in [0.3, 0.4) is 0 Å². The Morgan fingerprint density at radius 3 is 2.43 bits per heavy atom. The summed E-state index contributed by atoms with van der Waals surface area (Å²) < 4.78 is 5.38. The minimum absolute atomic E-state index is 0.146. The molecule has 0 spiro atoms. The van der Waals surface area contributed by atoms with Gasteiger partial charge in [0.15, 0.2) is 0 Å². The molecule has 0 saturated carbocycles. The number of amides is 1. The van der Waals surface area contributed by atoms with E-state index in [1.165, 1.54) is 5.39 Å². The molecule has 2 aromatic rings. The number of hydrogen-bond acceptors (Lipinski definition) is 2. The van der Waals surface area contributed by atoms with Crippen molar-refractivity contribution in [1.82, 2.24) is 5.32 Å². The van der Waals surface area contributed by atoms with Gasteiger partial charge >= 0.3 is 6.09 Å². The third-order valence-electron chi connectivity index (χ3n) is 3.42. The van der Waals surface area contributed by atoms with Gasteiger partial charge in [-0.2, -0.15) is 0 Å². The molecule has 3 nitrogen and oxygen atoms in total. The molecule has 2 aromatic carbocycles. The molecule has 23 heavy (non-hydrogen) atoms. The summed E-state index contributed by atoms with van der Waals surface area (Å²) in [6.07, 6.45) is 0.273. The summed E-state index contributed by atoms with van der Waals surface area (Å²) >= 11 is 0. The SMILES string of the molecule is C=C(C)C[C@@H](NC(=O)OC(C)(C)C)c1ccc2ccccc2c1. The molecular weight excluding hydrogens is 286 g/mol. The molecule has 1 amide bonds. The van der Waals surface area contributed by atoms with Crippen LogP contribution in [0.15, 0.2) is 54.6 Å². The van der Waals surface area contributed by atoms with Crippen molar-refractivity contribution < 1.29 is 9.53 Å². The van der Waals surface area contributed by atoms with Gasteiger partial charge in [-0.1, -0.05) is 42.0 Å². The molecule has 0 aromatic heterocycles. The number of carbonyl (C=O) groups excluding carboxylic acids is 1. The van der Waals surface area contributed by atoms with Crippen LogP contribution in [0.1, 0.15) is 45.7 Å². The first kappa shape index (κ1) is 17.1. The van der Waals surface area contributed by atoms with Gasteiger partial charge in [0.2, 0.25) is 0 Å². The predicted octanol–water partition coefficient (Wildman–Crippen LogP) is 5.37. The Morgan fingerprint density at radius 1 is 1.17 bits per heavy atom. The van der Waals surface area contributed by atoms with Crippen LogP contribution in [-0.4, -0.2) is 11.7 Å². The van der Waals surface area contributed by atoms with Gasteiger partial charge in [-0.25, -0.2) is 4.79 Å². The molecule has 0 saturated heterocycles. The normalized spacial score (nSPS) is 12.7. The maximum atomic E-state index is 12.1. The molecule has 0 fully saturated rings. The van der Waals surface area contributed by atoms with Gasteiger partial charge in [0.25, 0.3) is 0 Å². The highest BCUT2D eigenvalue weighted by molar-refractivity contribution is 5.83. The standard InChI is InChI=1S/C20H25NO2/c1-14(2)12-18(21-19(22)23-20(3,4)5)17-11-10-15-8-6-7-9-16(15)13-17/h6-11,13,18H,1,12H2,2-5H3,(H,21,22)/t18-/m1/s1. The van der Waals surface area contributed by atoms with Crippen molar-refractivity contribution in [2.24, 2.45) is 0 Å². The molecule has 0 aliphatic carbocycles. The first-order chi connectivity index (χ1) is 10.7. The van der Waals surface area contributed by atoms with E-state index >= 15 is 0 Å². The number of fused-ring (bicyclic) bond motifs is 1. The number of alkyl carbamates (subject to hydrolysis) is 1. The van der Waals surface area contributed by atoms with Crippen LogP contribution in [0.5, 0.6) is 0 Å². The first-order valence-corrected chi connectivity index (χ1v) is 7.87. The van der Waals surface area contributed by atoms with Gasteiger partial charge in [-0.15, -0.1) is 6.58 Å². The van der Waals surface area contributed by atoms with E-state index in [0.29, 0.717) is 6.42 Å². The zero-order chi connectivity index (χ0) is 17.0. The Kier molecular flexibility index (Phi) is 5.09. The Morgan fingerprint density at radius 2 is 1.83 bits per heavy atom. The highest BCUT2D eigenvalue weighted by Crippen LogP contribution is 2.25. The largest absolute Gasteiger partial charge is 0.444 e. The van der Waals surface area contributed by atoms with Crippen molar-refractivity contribution in [2.45, 2.75) is 45.8 Å². The lowest BCUT2D eigenvalue weighted by Crippen LogP contribution is -2.35. The average molecular weight is 311 g/mol. The van der Waals surface area contributed by atoms with Gasteiger partial charge in [0.1, 0.15) is 5.60 Å². The summed E-state index contributed by atoms with van der Waals surface area (Å²) in [6.45, 7) is 11.5. The summed E-state index contributed by atoms with van der Waals surface area (Å²) in [5, 5.41) is 5.30. The summed E-state index contributed by atoms with van der Waals surface area (Å²) in [5.41, 5.74) is 1.55. The number of benzene rings is 2. The molecule has 0 bridgehead atoms. The monoisotopic (exact) mass is 311 g/mol. The van der Waals surface area contributed by atoms with E-state index in [4.69, 9.17) is 4.74 Å². The van der Waals surface area contributed by atoms with Crippen LogP contribution in [0.4, 0.5) is 4.79 Å². The molecule has 0 radical (unpaired) electrons. The van der Waals surface area contributed by atoms with Crippen molar-refractivity contribution in [1.29, 1.82) is 0 Å². The fraction of sp³-hybridized carbons (Fsp3) is 0.350. The molecule has 2 rings (SSSR count). The Hall–Kier alpha value is -2.29. The predicted molar refractivity (Wildman–Crippen MR) is 95.5 cm³/mol. The number of hydrogen-bond donors (Lipinski definition) is 1. The van der Waals surface area contributed by atoms with Crippen molar-refractivity contribution in [3.8, 4) is 0 Å². The van der Waals surface area contributed by atoms with E-state index in [9.17, 15) is 4.79 Å². The van der Waals surface area contributed by atoms with Crippen LogP contribution in [-0.2, 0) is 4.74 Å². The minimum Gasteiger partial charge on any atom is -0.444 e. The first-order valence-electron chi connectivity index (χ1n) is 7.87. The topological polar surface area (TPSA) is 38.3 Å². The van der Waals surface area contributed by atoms with Crippen LogP contribution in [0.25, 0.3) is 10.8 Å². The fourth-order valence-electron chi connectivity index (χ4n) is 2.48. The molecule has 1 atom stereocenters. The fourth-order valence-corrected chi connectivity index (χ4v) is 2.48. The van der Waals surface area contributed by atoms with Gasteiger partial charge in [0.05, 0.1) is 6.04 Å². The molecule has 3 heteroatoms. The minimum atomic E-state index is -0.513. The van der Waals surface area contributed by atoms with E-state index in [0.717, 1.165) is 16.5 Å². The summed E-state index contributed by atoms with van der Waals surface area (Å²) in [6, 6.07) is 14.3. The highest BCUT2D eigenvalue weighted by atomic mass is 16.6. The van der Waals surface area contributed by atoms with Gasteiger partial charge in [-0.05, 0) is 56.5 Å². The third-order valence-corrected chi connectivity index (χ3v) is 3.42. The Bertz CT molecular complexity index is 713. The van der Waals surface area contributed by atoms with Gasteiger partial charge in [0, 0.05) is 0 Å². The quantitative estimate of drug-likeness (QED) is 0.771. The lowest BCUT2D eigenvalue weighted by molar-refractivity contribution is 0.0503. The summed E-state index contributed by atoms with van der Waals surface area (Å²) in [4.78, 5) is 12.1. The summed E-state index contributed by atoms with van der Waals surface area (Å²) in [7, 11) is 0. The Labute approximate surface area is 138 Å². The second-order valence-electron chi connectivity index (χ2n) is 6.97. The van der Waals surface area contributed by atoms with Crippen molar-refractivity contribution >= 4 is 16.9 Å². The van der Waals surface area contributed by atoms with Gasteiger partial charge in [-0.3, -0.25) is 0 Å². The van der Waals surface area contributed by atoms with E-state index in [1.807, 2.05) is 45.9 Å². The molecule has 0 aliphatic heterocycles. The molecular formula is C20H25NO2. The van der Waals surface area contributed by atoms with Crippen LogP contribution >= 0.6 is 0 Å². The van der Waals surface area contributed by atoms with E-state index in [1.54, 1.807) is 0 Å². The number of nitrogens with one attached hydrogen (secondary N) is 1. The average Bonchev–Trinajstić information content (AvgIpc) is 2.43. The molecule has 0 unspecified atom stereocenters. The Balaban J connectivity index is 2.25. The van der Waals surface area contributed by atoms with Crippen LogP contribution in [0.2, 0.25) is 0 Å². The molecule has 0 heterocycles. The van der Waals surface area contributed by atoms with Crippen molar-refractivity contribution in [3.63, 3.8) is 0 Å². The molecule has 1 N–H and O–H groups in total. The zero-order valence-electron chi connectivity index (χ0n) is 14.3. The number of carbonyl (C=O) groups is 1. The maximum Gasteiger partial charge on any atom is 0.408 e. The summed E-state index contributed by atoms with van der Waals surface area (Å²) in [5.74, 6) is 0. The number of ether oxygens (including phenoxy) is 1. The lowest BCUT2D eigenvalue weighted by atomic mass is 9.97. The highest BCUT2D eigenvalue weighted by Gasteiger charge is 2.20. The van der Waals surface area contributed by atoms with Gasteiger partial charge < -0.3 is 10.1 Å². The number of rotatable bonds is 4. The second-order valence-corrected chi connectivity index (χ2v) is 6.97. The van der Waals surface area contributed by atoms with E-state index in [2.05, 4.69) is 36.2 Å². The van der Waals surface area contributed by atoms with Crippen LogP contribution in [0, 0.1) is 0 Å². The maximum absolute atomic E-state index is 12.1. The molecule has 0 aliphatic rings. The smallest absolute Gasteiger partial charge is 0.408 e. The van der Waals surface area contributed by atoms with E-state index < -0.39 is 11.7 Å².